The van der Waals surface area contributed by atoms with E-state index in [1.54, 1.807) is 24.3 Å². The van der Waals surface area contributed by atoms with Gasteiger partial charge < -0.3 is 5.32 Å². The van der Waals surface area contributed by atoms with Crippen LogP contribution in [-0.2, 0) is 14.8 Å². The summed E-state index contributed by atoms with van der Waals surface area (Å²) in [5.74, 6) is 0.234. The van der Waals surface area contributed by atoms with Crippen molar-refractivity contribution in [2.24, 2.45) is 0 Å². The van der Waals surface area contributed by atoms with Crippen LogP contribution in [0.2, 0.25) is 5.02 Å². The van der Waals surface area contributed by atoms with Crippen molar-refractivity contribution < 1.29 is 13.2 Å². The average Bonchev–Trinajstić information content (AvgIpc) is 2.75. The minimum absolute atomic E-state index is 0.175. The van der Waals surface area contributed by atoms with Gasteiger partial charge >= 0.3 is 0 Å². The van der Waals surface area contributed by atoms with Gasteiger partial charge in [0.15, 0.2) is 0 Å². The number of hydrogen-bond donors (Lipinski definition) is 1. The van der Waals surface area contributed by atoms with Crippen LogP contribution in [-0.4, -0.2) is 61.2 Å². The van der Waals surface area contributed by atoms with Crippen LogP contribution in [0.25, 0.3) is 10.8 Å². The molecule has 0 aliphatic carbocycles. The lowest BCUT2D eigenvalue weighted by Gasteiger charge is -2.33. The summed E-state index contributed by atoms with van der Waals surface area (Å²) >= 11 is 5.79. The Balaban J connectivity index is 1.36. The first-order valence-electron chi connectivity index (χ1n) is 9.54. The van der Waals surface area contributed by atoms with E-state index in [2.05, 4.69) is 10.3 Å². The van der Waals surface area contributed by atoms with Gasteiger partial charge in [-0.15, -0.1) is 0 Å². The van der Waals surface area contributed by atoms with Crippen molar-refractivity contribution in [3.05, 3.63) is 65.8 Å². The number of carbonyl (C=O) groups excluding carboxylic acids is 1. The Hall–Kier alpha value is -2.52. The summed E-state index contributed by atoms with van der Waals surface area (Å²) in [5.41, 5.74) is 0. The fourth-order valence-electron chi connectivity index (χ4n) is 3.44. The molecular formula is C21H21ClN4O3S. The Morgan fingerprint density at radius 1 is 1.00 bits per heavy atom. The van der Waals surface area contributed by atoms with E-state index in [-0.39, 0.29) is 12.5 Å². The number of carbonyl (C=O) groups is 1. The molecule has 1 N–H and O–H groups in total. The Bertz CT molecular complexity index is 1160. The summed E-state index contributed by atoms with van der Waals surface area (Å²) in [5, 5.41) is 5.11. The zero-order valence-corrected chi connectivity index (χ0v) is 17.7. The molecule has 0 atom stereocenters. The SMILES string of the molecule is O=C(CN1CCN(S(=O)(=O)c2ccc3ccccc3c2)CC1)Nc1ccc(Cl)cn1. The number of nitrogens with one attached hydrogen (secondary N) is 1. The number of hydrogen-bond acceptors (Lipinski definition) is 5. The second-order valence-electron chi connectivity index (χ2n) is 7.10. The van der Waals surface area contributed by atoms with Crippen LogP contribution in [0.15, 0.2) is 65.7 Å². The van der Waals surface area contributed by atoms with Crippen molar-refractivity contribution in [3.63, 3.8) is 0 Å². The third-order valence-electron chi connectivity index (χ3n) is 5.05. The number of anilines is 1. The van der Waals surface area contributed by atoms with Crippen molar-refractivity contribution in [1.82, 2.24) is 14.2 Å². The Labute approximate surface area is 180 Å². The number of rotatable bonds is 5. The molecule has 9 heteroatoms. The van der Waals surface area contributed by atoms with E-state index in [0.29, 0.717) is 41.9 Å². The van der Waals surface area contributed by atoms with E-state index in [9.17, 15) is 13.2 Å². The molecule has 1 aromatic heterocycles. The largest absolute Gasteiger partial charge is 0.310 e. The third kappa shape index (κ3) is 4.62. The second kappa shape index (κ2) is 8.69. The minimum atomic E-state index is -3.57. The van der Waals surface area contributed by atoms with E-state index in [1.807, 2.05) is 35.2 Å². The zero-order valence-electron chi connectivity index (χ0n) is 16.2. The van der Waals surface area contributed by atoms with E-state index in [1.165, 1.54) is 10.5 Å². The van der Waals surface area contributed by atoms with Gasteiger partial charge in [-0.3, -0.25) is 9.69 Å². The molecule has 3 aromatic rings. The molecule has 0 spiro atoms. The average molecular weight is 445 g/mol. The lowest BCUT2D eigenvalue weighted by molar-refractivity contribution is -0.117. The molecular weight excluding hydrogens is 424 g/mol. The van der Waals surface area contributed by atoms with Crippen molar-refractivity contribution in [3.8, 4) is 0 Å². The molecule has 2 heterocycles. The summed E-state index contributed by atoms with van der Waals surface area (Å²) in [6.07, 6.45) is 1.47. The molecule has 1 saturated heterocycles. The summed E-state index contributed by atoms with van der Waals surface area (Å²) in [6, 6.07) is 16.1. The van der Waals surface area contributed by atoms with Crippen molar-refractivity contribution in [1.29, 1.82) is 0 Å². The molecule has 0 bridgehead atoms. The number of pyridine rings is 1. The maximum atomic E-state index is 13.0. The number of halogens is 1. The molecule has 2 aromatic carbocycles. The molecule has 1 aliphatic rings. The fourth-order valence-corrected chi connectivity index (χ4v) is 5.01. The highest BCUT2D eigenvalue weighted by atomic mass is 35.5. The predicted octanol–water partition coefficient (Wildman–Crippen LogP) is 2.83. The molecule has 0 radical (unpaired) electrons. The third-order valence-corrected chi connectivity index (χ3v) is 7.17. The lowest BCUT2D eigenvalue weighted by atomic mass is 10.1. The van der Waals surface area contributed by atoms with Crippen molar-refractivity contribution in [2.45, 2.75) is 4.90 Å². The molecule has 156 valence electrons. The first-order chi connectivity index (χ1) is 14.4. The number of benzene rings is 2. The molecule has 1 aliphatic heterocycles. The molecule has 0 unspecified atom stereocenters. The Kier molecular flexibility index (Phi) is 6.01. The minimum Gasteiger partial charge on any atom is -0.310 e. The molecule has 1 fully saturated rings. The summed E-state index contributed by atoms with van der Waals surface area (Å²) < 4.78 is 27.6. The zero-order chi connectivity index (χ0) is 21.1. The summed E-state index contributed by atoms with van der Waals surface area (Å²) in [7, 11) is -3.57. The van der Waals surface area contributed by atoms with Gasteiger partial charge in [0.2, 0.25) is 15.9 Å². The van der Waals surface area contributed by atoms with Crippen molar-refractivity contribution in [2.75, 3.05) is 38.0 Å². The molecule has 0 saturated carbocycles. The summed E-state index contributed by atoms with van der Waals surface area (Å²) in [4.78, 5) is 18.5. The highest BCUT2D eigenvalue weighted by Crippen LogP contribution is 2.22. The van der Waals surface area contributed by atoms with E-state index in [4.69, 9.17) is 11.6 Å². The van der Waals surface area contributed by atoms with E-state index >= 15 is 0 Å². The van der Waals surface area contributed by atoms with E-state index in [0.717, 1.165) is 10.8 Å². The fraction of sp³-hybridized carbons (Fsp3) is 0.238. The maximum absolute atomic E-state index is 13.0. The summed E-state index contributed by atoms with van der Waals surface area (Å²) in [6.45, 7) is 1.81. The molecule has 1 amide bonds. The van der Waals surface area contributed by atoms with Crippen LogP contribution in [0.1, 0.15) is 0 Å². The van der Waals surface area contributed by atoms with E-state index < -0.39 is 10.0 Å². The first-order valence-corrected chi connectivity index (χ1v) is 11.4. The first kappa shape index (κ1) is 20.7. The highest BCUT2D eigenvalue weighted by molar-refractivity contribution is 7.89. The van der Waals surface area contributed by atoms with Gasteiger partial charge in [-0.1, -0.05) is 41.9 Å². The highest BCUT2D eigenvalue weighted by Gasteiger charge is 2.29. The van der Waals surface area contributed by atoms with Gasteiger partial charge in [-0.25, -0.2) is 13.4 Å². The van der Waals surface area contributed by atoms with Crippen LogP contribution in [0.4, 0.5) is 5.82 Å². The quantitative estimate of drug-likeness (QED) is 0.654. The number of fused-ring (bicyclic) bond motifs is 1. The number of nitrogens with zero attached hydrogens (tertiary/aromatic N) is 3. The number of amides is 1. The van der Waals surface area contributed by atoms with Gasteiger partial charge in [0.25, 0.3) is 0 Å². The molecule has 7 nitrogen and oxygen atoms in total. The second-order valence-corrected chi connectivity index (χ2v) is 9.47. The van der Waals surface area contributed by atoms with Gasteiger partial charge in [-0.2, -0.15) is 4.31 Å². The van der Waals surface area contributed by atoms with Crippen LogP contribution >= 0.6 is 11.6 Å². The number of aromatic nitrogens is 1. The number of piperazine rings is 1. The maximum Gasteiger partial charge on any atom is 0.243 e. The normalized spacial score (nSPS) is 15.9. The number of sulfonamides is 1. The molecule has 30 heavy (non-hydrogen) atoms. The van der Waals surface area contributed by atoms with Crippen molar-refractivity contribution >= 4 is 44.1 Å². The monoisotopic (exact) mass is 444 g/mol. The van der Waals surface area contributed by atoms with Crippen LogP contribution in [0, 0.1) is 0 Å². The Morgan fingerprint density at radius 3 is 2.43 bits per heavy atom. The topological polar surface area (TPSA) is 82.6 Å². The standard InChI is InChI=1S/C21H21ClN4O3S/c22-18-6-8-20(23-14-18)24-21(27)15-25-9-11-26(12-10-25)30(28,29)19-7-5-16-3-1-2-4-17(16)13-19/h1-8,13-14H,9-12,15H2,(H,23,24,27). The lowest BCUT2D eigenvalue weighted by Crippen LogP contribution is -2.50. The van der Waals surface area contributed by atoms with Crippen LogP contribution in [0.5, 0.6) is 0 Å². The van der Waals surface area contributed by atoms with Gasteiger partial charge in [-0.05, 0) is 35.0 Å². The molecule has 4 rings (SSSR count). The van der Waals surface area contributed by atoms with Crippen LogP contribution in [0.3, 0.4) is 0 Å². The van der Waals surface area contributed by atoms with Crippen LogP contribution < -0.4 is 5.32 Å². The van der Waals surface area contributed by atoms with Gasteiger partial charge in [0.1, 0.15) is 5.82 Å². The Morgan fingerprint density at radius 2 is 1.73 bits per heavy atom. The smallest absolute Gasteiger partial charge is 0.243 e. The van der Waals surface area contributed by atoms with Gasteiger partial charge in [0.05, 0.1) is 16.5 Å². The predicted molar refractivity (Wildman–Crippen MR) is 117 cm³/mol. The van der Waals surface area contributed by atoms with Gasteiger partial charge in [0, 0.05) is 32.4 Å².